The number of nitrogens with one attached hydrogen (secondary N) is 3. The monoisotopic (exact) mass is 381 g/mol. The quantitative estimate of drug-likeness (QED) is 0.713. The van der Waals surface area contributed by atoms with E-state index in [1.807, 2.05) is 48.5 Å². The van der Waals surface area contributed by atoms with Crippen LogP contribution < -0.4 is 20.9 Å². The Morgan fingerprint density at radius 1 is 1.07 bits per heavy atom. The number of ether oxygens (including phenoxy) is 1. The van der Waals surface area contributed by atoms with Gasteiger partial charge in [-0.15, -0.1) is 6.42 Å². The van der Waals surface area contributed by atoms with E-state index >= 15 is 0 Å². The lowest BCUT2D eigenvalue weighted by atomic mass is 9.74. The molecule has 5 nitrogen and oxygen atoms in total. The van der Waals surface area contributed by atoms with Gasteiger partial charge in [0.2, 0.25) is 5.91 Å². The normalized spacial score (nSPS) is 26.7. The first-order valence-electron chi connectivity index (χ1n) is 8.88. The molecule has 2 fully saturated rings. The third-order valence-electron chi connectivity index (χ3n) is 5.21. The number of rotatable bonds is 4. The Balaban J connectivity index is 1.62. The molecule has 2 heterocycles. The van der Waals surface area contributed by atoms with E-state index < -0.39 is 0 Å². The highest BCUT2D eigenvalue weighted by atomic mass is 35.5. The second-order valence-corrected chi connectivity index (χ2v) is 7.25. The fourth-order valence-electron chi connectivity index (χ4n) is 3.98. The Morgan fingerprint density at radius 3 is 2.48 bits per heavy atom. The maximum Gasteiger partial charge on any atom is 0.221 e. The smallest absolute Gasteiger partial charge is 0.221 e. The molecule has 3 N–H and O–H groups in total. The van der Waals surface area contributed by atoms with Crippen LogP contribution in [0.5, 0.6) is 5.75 Å². The van der Waals surface area contributed by atoms with Crippen LogP contribution >= 0.6 is 11.6 Å². The highest BCUT2D eigenvalue weighted by Gasteiger charge is 2.46. The summed E-state index contributed by atoms with van der Waals surface area (Å²) in [4.78, 5) is 12.2. The molecule has 0 saturated carbocycles. The summed E-state index contributed by atoms with van der Waals surface area (Å²) in [5, 5.41) is 3.75. The summed E-state index contributed by atoms with van der Waals surface area (Å²) in [5.41, 5.74) is 8.81. The summed E-state index contributed by atoms with van der Waals surface area (Å²) in [5.74, 6) is 3.47. The van der Waals surface area contributed by atoms with Gasteiger partial charge in [-0.05, 0) is 35.4 Å². The van der Waals surface area contributed by atoms with Gasteiger partial charge >= 0.3 is 0 Å². The van der Waals surface area contributed by atoms with Crippen LogP contribution in [0.15, 0.2) is 48.5 Å². The molecule has 2 aliphatic rings. The fourth-order valence-corrected chi connectivity index (χ4v) is 4.11. The van der Waals surface area contributed by atoms with Gasteiger partial charge in [-0.25, -0.2) is 10.9 Å². The second kappa shape index (κ2) is 7.61. The molecule has 1 amide bonds. The lowest BCUT2D eigenvalue weighted by Gasteiger charge is -2.36. The Bertz CT molecular complexity index is 860. The summed E-state index contributed by atoms with van der Waals surface area (Å²) in [7, 11) is 0. The predicted molar refractivity (Wildman–Crippen MR) is 104 cm³/mol. The van der Waals surface area contributed by atoms with Crippen molar-refractivity contribution in [1.82, 2.24) is 16.2 Å². The summed E-state index contributed by atoms with van der Waals surface area (Å²) < 4.78 is 5.45. The van der Waals surface area contributed by atoms with Gasteiger partial charge in [0.1, 0.15) is 12.4 Å². The van der Waals surface area contributed by atoms with Gasteiger partial charge in [0.15, 0.2) is 0 Å². The fraction of sp³-hybridized carbons (Fsp3) is 0.286. The number of carbonyl (C=O) groups excluding carboxylic acids is 1. The molecule has 0 spiro atoms. The van der Waals surface area contributed by atoms with Crippen LogP contribution in [0.4, 0.5) is 0 Å². The molecule has 27 heavy (non-hydrogen) atoms. The highest BCUT2D eigenvalue weighted by molar-refractivity contribution is 6.30. The van der Waals surface area contributed by atoms with Crippen LogP contribution in [0.3, 0.4) is 0 Å². The van der Waals surface area contributed by atoms with E-state index in [1.165, 1.54) is 0 Å². The van der Waals surface area contributed by atoms with E-state index in [2.05, 4.69) is 22.1 Å². The summed E-state index contributed by atoms with van der Waals surface area (Å²) >= 11 is 6.03. The molecule has 2 saturated heterocycles. The lowest BCUT2D eigenvalue weighted by Crippen LogP contribution is -2.52. The largest absolute Gasteiger partial charge is 0.481 e. The van der Waals surface area contributed by atoms with Gasteiger partial charge in [0, 0.05) is 23.3 Å². The third kappa shape index (κ3) is 3.65. The molecule has 2 aliphatic heterocycles. The third-order valence-corrected chi connectivity index (χ3v) is 5.46. The van der Waals surface area contributed by atoms with E-state index in [4.69, 9.17) is 22.8 Å². The molecule has 0 aliphatic carbocycles. The Kier molecular flexibility index (Phi) is 5.04. The number of piperidine rings is 1. The summed E-state index contributed by atoms with van der Waals surface area (Å²) in [6.45, 7) is 0.238. The first-order chi connectivity index (χ1) is 13.2. The maximum atomic E-state index is 12.2. The van der Waals surface area contributed by atoms with Crippen molar-refractivity contribution in [3.63, 3.8) is 0 Å². The number of halogens is 1. The summed E-state index contributed by atoms with van der Waals surface area (Å²) in [6, 6.07) is 15.7. The zero-order chi connectivity index (χ0) is 18.8. The molecular formula is C21H20ClN3O2. The van der Waals surface area contributed by atoms with Gasteiger partial charge in [0.25, 0.3) is 0 Å². The number of carbonyl (C=O) groups is 1. The average Bonchev–Trinajstić information content (AvgIpc) is 3.10. The number of benzene rings is 2. The van der Waals surface area contributed by atoms with E-state index in [9.17, 15) is 4.79 Å². The number of hydrazine groups is 1. The molecule has 2 aromatic carbocycles. The minimum absolute atomic E-state index is 0.0416. The average molecular weight is 382 g/mol. The first-order valence-corrected chi connectivity index (χ1v) is 9.25. The number of hydrogen-bond donors (Lipinski definition) is 3. The zero-order valence-corrected chi connectivity index (χ0v) is 15.4. The molecule has 2 aromatic rings. The molecule has 4 unspecified atom stereocenters. The van der Waals surface area contributed by atoms with Gasteiger partial charge in [-0.3, -0.25) is 4.79 Å². The maximum absolute atomic E-state index is 12.2. The predicted octanol–water partition coefficient (Wildman–Crippen LogP) is 2.75. The molecule has 0 aromatic heterocycles. The van der Waals surface area contributed by atoms with Crippen molar-refractivity contribution in [3.05, 3.63) is 64.7 Å². The minimum atomic E-state index is -0.130. The molecule has 6 heteroatoms. The SMILES string of the molecule is C#CCOc1ccc(C2CC(=O)NC3NNC(c4ccc(Cl)cc4)C32)cc1. The van der Waals surface area contributed by atoms with Crippen LogP contribution in [-0.4, -0.2) is 18.7 Å². The van der Waals surface area contributed by atoms with Crippen LogP contribution in [0.1, 0.15) is 29.5 Å². The summed E-state index contributed by atoms with van der Waals surface area (Å²) in [6.07, 6.45) is 5.55. The lowest BCUT2D eigenvalue weighted by molar-refractivity contribution is -0.125. The van der Waals surface area contributed by atoms with Crippen molar-refractivity contribution < 1.29 is 9.53 Å². The molecular weight excluding hydrogens is 362 g/mol. The van der Waals surface area contributed by atoms with E-state index in [1.54, 1.807) is 0 Å². The van der Waals surface area contributed by atoms with Gasteiger partial charge in [-0.2, -0.15) is 0 Å². The Labute approximate surface area is 163 Å². The van der Waals surface area contributed by atoms with E-state index in [0.717, 1.165) is 16.9 Å². The number of hydrogen-bond acceptors (Lipinski definition) is 4. The van der Waals surface area contributed by atoms with Crippen LogP contribution in [0, 0.1) is 18.3 Å². The van der Waals surface area contributed by atoms with Crippen LogP contribution in [-0.2, 0) is 4.79 Å². The number of fused-ring (bicyclic) bond motifs is 1. The van der Waals surface area contributed by atoms with Crippen LogP contribution in [0.25, 0.3) is 0 Å². The second-order valence-electron chi connectivity index (χ2n) is 6.81. The topological polar surface area (TPSA) is 62.4 Å². The molecule has 0 radical (unpaired) electrons. The number of amides is 1. The van der Waals surface area contributed by atoms with Gasteiger partial charge in [-0.1, -0.05) is 41.8 Å². The van der Waals surface area contributed by atoms with Crippen molar-refractivity contribution in [1.29, 1.82) is 0 Å². The molecule has 138 valence electrons. The van der Waals surface area contributed by atoms with Crippen molar-refractivity contribution in [2.24, 2.45) is 5.92 Å². The Hall–Kier alpha value is -2.52. The zero-order valence-electron chi connectivity index (χ0n) is 14.6. The van der Waals surface area contributed by atoms with E-state index in [0.29, 0.717) is 11.4 Å². The standard InChI is InChI=1S/C21H20ClN3O2/c1-2-11-27-16-9-5-13(6-10-16)17-12-18(26)23-21-19(17)20(24-25-21)14-3-7-15(22)8-4-14/h1,3-10,17,19-21,24-25H,11-12H2,(H,23,26). The minimum Gasteiger partial charge on any atom is -0.481 e. The van der Waals surface area contributed by atoms with Crippen LogP contribution in [0.2, 0.25) is 5.02 Å². The van der Waals surface area contributed by atoms with Gasteiger partial charge < -0.3 is 10.1 Å². The molecule has 4 atom stereocenters. The van der Waals surface area contributed by atoms with Crippen molar-refractivity contribution in [2.75, 3.05) is 6.61 Å². The molecule has 0 bridgehead atoms. The highest BCUT2D eigenvalue weighted by Crippen LogP contribution is 2.43. The van der Waals surface area contributed by atoms with Gasteiger partial charge in [0.05, 0.1) is 12.2 Å². The van der Waals surface area contributed by atoms with E-state index in [-0.39, 0.29) is 36.6 Å². The first kappa shape index (κ1) is 17.9. The molecule has 4 rings (SSSR count). The van der Waals surface area contributed by atoms with Crippen molar-refractivity contribution in [3.8, 4) is 18.1 Å². The number of terminal acetylenes is 1. The van der Waals surface area contributed by atoms with Crippen molar-refractivity contribution in [2.45, 2.75) is 24.5 Å². The Morgan fingerprint density at radius 2 is 1.78 bits per heavy atom. The van der Waals surface area contributed by atoms with Crippen molar-refractivity contribution >= 4 is 17.5 Å².